The number of carbonyl (C=O) groups is 1. The average Bonchev–Trinajstić information content (AvgIpc) is 2.39. The van der Waals surface area contributed by atoms with Gasteiger partial charge in [-0.3, -0.25) is 4.79 Å². The fourth-order valence-corrected chi connectivity index (χ4v) is 2.26. The van der Waals surface area contributed by atoms with Crippen LogP contribution in [-0.2, 0) is 14.9 Å². The van der Waals surface area contributed by atoms with Gasteiger partial charge in [0.2, 0.25) is 0 Å². The Hall–Kier alpha value is -2.34. The minimum absolute atomic E-state index is 0.153. The summed E-state index contributed by atoms with van der Waals surface area (Å²) < 4.78 is 33.0. The molecule has 20 heavy (non-hydrogen) atoms. The first-order valence-corrected chi connectivity index (χ1v) is 7.36. The van der Waals surface area contributed by atoms with Gasteiger partial charge in [-0.2, -0.15) is 8.42 Å². The van der Waals surface area contributed by atoms with Crippen molar-refractivity contribution in [2.45, 2.75) is 0 Å². The second kappa shape index (κ2) is 6.21. The van der Waals surface area contributed by atoms with Crippen LogP contribution in [0.1, 0.15) is 0 Å². The molecule has 0 unspecified atom stereocenters. The van der Waals surface area contributed by atoms with Crippen LogP contribution in [0.2, 0.25) is 0 Å². The second-order valence-electron chi connectivity index (χ2n) is 3.89. The van der Waals surface area contributed by atoms with Crippen LogP contribution in [0.5, 0.6) is 11.5 Å². The molecule has 0 aliphatic rings. The average molecular weight is 292 g/mol. The fourth-order valence-electron chi connectivity index (χ4n) is 1.45. The minimum atomic E-state index is -4.03. The van der Waals surface area contributed by atoms with Crippen molar-refractivity contribution in [3.8, 4) is 11.5 Å². The van der Waals surface area contributed by atoms with E-state index in [0.717, 1.165) is 0 Å². The molecule has 6 heteroatoms. The summed E-state index contributed by atoms with van der Waals surface area (Å²) in [4.78, 5) is 11.5. The van der Waals surface area contributed by atoms with E-state index < -0.39 is 21.8 Å². The van der Waals surface area contributed by atoms with Gasteiger partial charge in [0.15, 0.2) is 5.75 Å². The molecular formula is C14H12O5S. The summed E-state index contributed by atoms with van der Waals surface area (Å²) >= 11 is 0. The lowest BCUT2D eigenvalue weighted by Gasteiger charge is -2.07. The lowest BCUT2D eigenvalue weighted by atomic mass is 10.3. The lowest BCUT2D eigenvalue weighted by Crippen LogP contribution is -2.24. The number of carbonyl (C=O) groups excluding carboxylic acids is 1. The number of ether oxygens (including phenoxy) is 1. The highest BCUT2D eigenvalue weighted by Gasteiger charge is 2.20. The second-order valence-corrected chi connectivity index (χ2v) is 5.46. The Morgan fingerprint density at radius 1 is 0.850 bits per heavy atom. The minimum Gasteiger partial charge on any atom is -0.426 e. The van der Waals surface area contributed by atoms with E-state index in [2.05, 4.69) is 0 Å². The summed E-state index contributed by atoms with van der Waals surface area (Å²) in [7, 11) is -4.03. The van der Waals surface area contributed by atoms with Gasteiger partial charge in [0, 0.05) is 0 Å². The Kier molecular flexibility index (Phi) is 4.37. The van der Waals surface area contributed by atoms with Gasteiger partial charge in [0.1, 0.15) is 11.5 Å². The highest BCUT2D eigenvalue weighted by molar-refractivity contribution is 7.87. The standard InChI is InChI=1S/C14H12O5S/c15-14(18-12-7-3-1-4-8-12)11-20(16,17)19-13-9-5-2-6-10-13/h1-10H,11H2. The van der Waals surface area contributed by atoms with E-state index in [9.17, 15) is 13.2 Å². The molecule has 2 aromatic rings. The maximum absolute atomic E-state index is 11.7. The van der Waals surface area contributed by atoms with E-state index in [4.69, 9.17) is 8.92 Å². The third kappa shape index (κ3) is 4.40. The van der Waals surface area contributed by atoms with Crippen LogP contribution in [0.4, 0.5) is 0 Å². The summed E-state index contributed by atoms with van der Waals surface area (Å²) in [5.74, 6) is -1.31. The van der Waals surface area contributed by atoms with Crippen molar-refractivity contribution < 1.29 is 22.1 Å². The first-order chi connectivity index (χ1) is 9.55. The number of hydrogen-bond acceptors (Lipinski definition) is 5. The largest absolute Gasteiger partial charge is 0.426 e. The molecule has 0 heterocycles. The van der Waals surface area contributed by atoms with Crippen LogP contribution < -0.4 is 8.92 Å². The Morgan fingerprint density at radius 3 is 1.90 bits per heavy atom. The molecule has 0 spiro atoms. The number of para-hydroxylation sites is 2. The zero-order valence-corrected chi connectivity index (χ0v) is 11.2. The molecule has 104 valence electrons. The molecule has 0 saturated heterocycles. The van der Waals surface area contributed by atoms with Crippen LogP contribution in [0.15, 0.2) is 60.7 Å². The SMILES string of the molecule is O=C(CS(=O)(=O)Oc1ccccc1)Oc1ccccc1. The smallest absolute Gasteiger partial charge is 0.330 e. The van der Waals surface area contributed by atoms with Crippen molar-refractivity contribution in [2.24, 2.45) is 0 Å². The molecule has 0 saturated carbocycles. The van der Waals surface area contributed by atoms with Crippen molar-refractivity contribution >= 4 is 16.1 Å². The fraction of sp³-hybridized carbons (Fsp3) is 0.0714. The highest BCUT2D eigenvalue weighted by atomic mass is 32.2. The molecular weight excluding hydrogens is 280 g/mol. The van der Waals surface area contributed by atoms with E-state index >= 15 is 0 Å². The summed E-state index contributed by atoms with van der Waals surface area (Å²) in [6.45, 7) is 0. The van der Waals surface area contributed by atoms with Gasteiger partial charge < -0.3 is 8.92 Å². The van der Waals surface area contributed by atoms with Gasteiger partial charge in [-0.05, 0) is 24.3 Å². The zero-order valence-electron chi connectivity index (χ0n) is 10.4. The summed E-state index contributed by atoms with van der Waals surface area (Å²) in [6, 6.07) is 16.2. The predicted octanol–water partition coefficient (Wildman–Crippen LogP) is 2.00. The first-order valence-electron chi connectivity index (χ1n) is 5.78. The van der Waals surface area contributed by atoms with Crippen LogP contribution in [0.3, 0.4) is 0 Å². The normalized spacial score (nSPS) is 10.8. The zero-order chi connectivity index (χ0) is 14.4. The predicted molar refractivity (Wildman–Crippen MR) is 72.9 cm³/mol. The van der Waals surface area contributed by atoms with Gasteiger partial charge in [-0.1, -0.05) is 36.4 Å². The van der Waals surface area contributed by atoms with Crippen LogP contribution in [0.25, 0.3) is 0 Å². The third-order valence-electron chi connectivity index (χ3n) is 2.24. The number of esters is 1. The summed E-state index contributed by atoms with van der Waals surface area (Å²) in [5.41, 5.74) is 0. The molecule has 0 fully saturated rings. The van der Waals surface area contributed by atoms with E-state index in [-0.39, 0.29) is 11.5 Å². The Balaban J connectivity index is 1.96. The van der Waals surface area contributed by atoms with Gasteiger partial charge in [-0.15, -0.1) is 0 Å². The van der Waals surface area contributed by atoms with Gasteiger partial charge in [0.25, 0.3) is 0 Å². The number of hydrogen-bond donors (Lipinski definition) is 0. The van der Waals surface area contributed by atoms with Crippen molar-refractivity contribution in [2.75, 3.05) is 5.75 Å². The van der Waals surface area contributed by atoms with E-state index in [0.29, 0.717) is 0 Å². The van der Waals surface area contributed by atoms with Crippen molar-refractivity contribution in [1.29, 1.82) is 0 Å². The monoisotopic (exact) mass is 292 g/mol. The van der Waals surface area contributed by atoms with Crippen LogP contribution >= 0.6 is 0 Å². The first kappa shape index (κ1) is 14.1. The quantitative estimate of drug-likeness (QED) is 0.479. The van der Waals surface area contributed by atoms with E-state index in [1.807, 2.05) is 0 Å². The molecule has 2 aromatic carbocycles. The molecule has 5 nitrogen and oxygen atoms in total. The Labute approximate surface area is 116 Å². The van der Waals surface area contributed by atoms with Crippen molar-refractivity contribution in [1.82, 2.24) is 0 Å². The van der Waals surface area contributed by atoms with E-state index in [1.165, 1.54) is 12.1 Å². The molecule has 0 bridgehead atoms. The topological polar surface area (TPSA) is 69.7 Å². The molecule has 0 aliphatic carbocycles. The number of rotatable bonds is 5. The maximum atomic E-state index is 11.7. The number of benzene rings is 2. The lowest BCUT2D eigenvalue weighted by molar-refractivity contribution is -0.131. The van der Waals surface area contributed by atoms with Gasteiger partial charge >= 0.3 is 16.1 Å². The molecule has 0 atom stereocenters. The van der Waals surface area contributed by atoms with Crippen molar-refractivity contribution in [3.63, 3.8) is 0 Å². The van der Waals surface area contributed by atoms with Crippen LogP contribution in [0, 0.1) is 0 Å². The maximum Gasteiger partial charge on any atom is 0.330 e. The highest BCUT2D eigenvalue weighted by Crippen LogP contribution is 2.13. The Bertz CT molecular complexity index is 665. The molecule has 0 N–H and O–H groups in total. The summed E-state index contributed by atoms with van der Waals surface area (Å²) in [5, 5.41) is 0. The van der Waals surface area contributed by atoms with Crippen molar-refractivity contribution in [3.05, 3.63) is 60.7 Å². The molecule has 0 aromatic heterocycles. The third-order valence-corrected chi connectivity index (χ3v) is 3.27. The molecule has 2 rings (SSSR count). The molecule has 0 amide bonds. The van der Waals surface area contributed by atoms with Gasteiger partial charge in [-0.25, -0.2) is 0 Å². The van der Waals surface area contributed by atoms with Gasteiger partial charge in [0.05, 0.1) is 0 Å². The molecule has 0 radical (unpaired) electrons. The van der Waals surface area contributed by atoms with E-state index in [1.54, 1.807) is 48.5 Å². The van der Waals surface area contributed by atoms with Crippen LogP contribution in [-0.4, -0.2) is 20.1 Å². The molecule has 0 aliphatic heterocycles. The Morgan fingerprint density at radius 2 is 1.35 bits per heavy atom. The summed E-state index contributed by atoms with van der Waals surface area (Å²) in [6.07, 6.45) is 0.